The predicted molar refractivity (Wildman–Crippen MR) is 95.8 cm³/mol. The van der Waals surface area contributed by atoms with Crippen LogP contribution in [0.25, 0.3) is 11.4 Å². The fourth-order valence-electron chi connectivity index (χ4n) is 2.27. The molecule has 9 heteroatoms. The Morgan fingerprint density at radius 1 is 1.19 bits per heavy atom. The van der Waals surface area contributed by atoms with Crippen LogP contribution in [0.2, 0.25) is 0 Å². The number of anilines is 3. The van der Waals surface area contributed by atoms with E-state index in [-0.39, 0.29) is 29.6 Å². The van der Waals surface area contributed by atoms with Crippen molar-refractivity contribution in [2.75, 3.05) is 17.2 Å². The normalized spacial score (nSPS) is 10.1. The number of rotatable bonds is 6. The molecule has 0 bridgehead atoms. The molecule has 3 aromatic rings. The second-order valence-electron chi connectivity index (χ2n) is 5.32. The average molecular weight is 364 g/mol. The Bertz CT molecular complexity index is 1020. The lowest BCUT2D eigenvalue weighted by Gasteiger charge is -2.11. The molecule has 0 atom stereocenters. The first-order valence-electron chi connectivity index (χ1n) is 7.78. The fourth-order valence-corrected chi connectivity index (χ4v) is 2.27. The van der Waals surface area contributed by atoms with Crippen molar-refractivity contribution in [3.8, 4) is 17.5 Å². The third-order valence-corrected chi connectivity index (χ3v) is 3.44. The Morgan fingerprint density at radius 3 is 2.74 bits per heavy atom. The summed E-state index contributed by atoms with van der Waals surface area (Å²) in [5, 5.41) is 23.5. The molecule has 2 aromatic heterocycles. The monoisotopic (exact) mass is 364 g/mol. The second kappa shape index (κ2) is 7.88. The molecule has 3 rings (SSSR count). The van der Waals surface area contributed by atoms with E-state index in [4.69, 9.17) is 10.4 Å². The molecule has 0 radical (unpaired) electrons. The second-order valence-corrected chi connectivity index (χ2v) is 5.32. The zero-order chi connectivity index (χ0) is 19.2. The molecule has 0 spiro atoms. The maximum absolute atomic E-state index is 13.8. The van der Waals surface area contributed by atoms with Gasteiger partial charge in [-0.3, -0.25) is 9.78 Å². The van der Waals surface area contributed by atoms with Gasteiger partial charge in [0.15, 0.2) is 0 Å². The van der Waals surface area contributed by atoms with Crippen molar-refractivity contribution in [1.29, 1.82) is 5.26 Å². The number of carboxylic acids is 1. The van der Waals surface area contributed by atoms with E-state index >= 15 is 0 Å². The van der Waals surface area contributed by atoms with E-state index < -0.39 is 11.8 Å². The van der Waals surface area contributed by atoms with Crippen LogP contribution in [0.1, 0.15) is 5.56 Å². The van der Waals surface area contributed by atoms with Gasteiger partial charge < -0.3 is 15.7 Å². The van der Waals surface area contributed by atoms with Crippen molar-refractivity contribution in [1.82, 2.24) is 15.0 Å². The summed E-state index contributed by atoms with van der Waals surface area (Å²) in [6.07, 6.45) is 1.59. The lowest BCUT2D eigenvalue weighted by Crippen LogP contribution is -2.15. The van der Waals surface area contributed by atoms with Crippen LogP contribution < -0.4 is 10.6 Å². The molecule has 0 amide bonds. The summed E-state index contributed by atoms with van der Waals surface area (Å²) in [6, 6.07) is 12.8. The number of nitrogens with one attached hydrogen (secondary N) is 2. The molecule has 0 aliphatic heterocycles. The highest BCUT2D eigenvalue weighted by Crippen LogP contribution is 2.25. The van der Waals surface area contributed by atoms with Gasteiger partial charge in [-0.2, -0.15) is 10.2 Å². The Kier molecular flexibility index (Phi) is 5.18. The summed E-state index contributed by atoms with van der Waals surface area (Å²) in [5.41, 5.74) is 1.04. The number of hydrogen-bond donors (Lipinski definition) is 3. The number of benzene rings is 1. The van der Waals surface area contributed by atoms with E-state index in [1.807, 2.05) is 0 Å². The molecule has 0 aliphatic rings. The zero-order valence-corrected chi connectivity index (χ0v) is 13.8. The number of carboxylic acid groups (broad SMARTS) is 1. The summed E-state index contributed by atoms with van der Waals surface area (Å²) in [5.74, 6) is -1.43. The van der Waals surface area contributed by atoms with Gasteiger partial charge in [-0.15, -0.1) is 0 Å². The van der Waals surface area contributed by atoms with Crippen LogP contribution in [0.4, 0.5) is 21.8 Å². The number of nitriles is 1. The third kappa shape index (κ3) is 4.32. The van der Waals surface area contributed by atoms with E-state index in [2.05, 4.69) is 25.6 Å². The standard InChI is InChI=1S/C18H13FN6O2/c19-12-4-3-6-13(11(12)9-20)23-16-8-15(14-5-1-2-7-21-14)24-18(25-16)22-10-17(26)27/h1-8H,10H2,(H,26,27)(H2,22,23,24,25). The molecule has 8 nitrogen and oxygen atoms in total. The largest absolute Gasteiger partial charge is 0.480 e. The molecule has 0 unspecified atom stereocenters. The highest BCUT2D eigenvalue weighted by Gasteiger charge is 2.12. The summed E-state index contributed by atoms with van der Waals surface area (Å²) >= 11 is 0. The molecule has 134 valence electrons. The van der Waals surface area contributed by atoms with Gasteiger partial charge in [-0.05, 0) is 24.3 Å². The number of carbonyl (C=O) groups is 1. The smallest absolute Gasteiger partial charge is 0.322 e. The number of aliphatic carboxylic acids is 1. The molecule has 1 aromatic carbocycles. The van der Waals surface area contributed by atoms with E-state index in [1.165, 1.54) is 18.2 Å². The highest BCUT2D eigenvalue weighted by molar-refractivity contribution is 5.73. The van der Waals surface area contributed by atoms with Crippen LogP contribution in [0.3, 0.4) is 0 Å². The first-order valence-corrected chi connectivity index (χ1v) is 7.78. The van der Waals surface area contributed by atoms with Crippen LogP contribution in [0, 0.1) is 17.1 Å². The molecule has 3 N–H and O–H groups in total. The van der Waals surface area contributed by atoms with Gasteiger partial charge in [-0.25, -0.2) is 9.37 Å². The average Bonchev–Trinajstić information content (AvgIpc) is 2.67. The maximum Gasteiger partial charge on any atom is 0.322 e. The minimum atomic E-state index is -1.08. The molecular weight excluding hydrogens is 351 g/mol. The maximum atomic E-state index is 13.8. The first kappa shape index (κ1) is 17.8. The Labute approximate surface area is 153 Å². The van der Waals surface area contributed by atoms with E-state index in [0.29, 0.717) is 11.4 Å². The predicted octanol–water partition coefficient (Wildman–Crippen LogP) is 2.79. The number of halogens is 1. The summed E-state index contributed by atoms with van der Waals surface area (Å²) < 4.78 is 13.8. The van der Waals surface area contributed by atoms with Gasteiger partial charge in [-0.1, -0.05) is 12.1 Å². The van der Waals surface area contributed by atoms with Gasteiger partial charge in [0.1, 0.15) is 29.8 Å². The molecule has 0 fully saturated rings. The van der Waals surface area contributed by atoms with Gasteiger partial charge in [0, 0.05) is 12.3 Å². The number of hydrogen-bond acceptors (Lipinski definition) is 7. The molecular formula is C18H13FN6O2. The SMILES string of the molecule is N#Cc1c(F)cccc1Nc1cc(-c2ccccn2)nc(NCC(=O)O)n1. The molecule has 0 saturated carbocycles. The van der Waals surface area contributed by atoms with Crippen LogP contribution in [-0.4, -0.2) is 32.6 Å². The quantitative estimate of drug-likeness (QED) is 0.610. The Morgan fingerprint density at radius 2 is 2.04 bits per heavy atom. The topological polar surface area (TPSA) is 124 Å². The van der Waals surface area contributed by atoms with E-state index in [9.17, 15) is 9.18 Å². The van der Waals surface area contributed by atoms with Crippen molar-refractivity contribution in [2.24, 2.45) is 0 Å². The Balaban J connectivity index is 2.01. The molecule has 0 saturated heterocycles. The Hall–Kier alpha value is -4.06. The fraction of sp³-hybridized carbons (Fsp3) is 0.0556. The lowest BCUT2D eigenvalue weighted by atomic mass is 10.2. The van der Waals surface area contributed by atoms with Gasteiger partial charge in [0.2, 0.25) is 5.95 Å². The summed E-state index contributed by atoms with van der Waals surface area (Å²) in [7, 11) is 0. The van der Waals surface area contributed by atoms with Gasteiger partial charge in [0.05, 0.1) is 17.1 Å². The minimum absolute atomic E-state index is 0.0537. The number of aromatic nitrogens is 3. The summed E-state index contributed by atoms with van der Waals surface area (Å²) in [6.45, 7) is -0.380. The minimum Gasteiger partial charge on any atom is -0.480 e. The molecule has 0 aliphatic carbocycles. The summed E-state index contributed by atoms with van der Waals surface area (Å²) in [4.78, 5) is 23.4. The third-order valence-electron chi connectivity index (χ3n) is 3.44. The van der Waals surface area contributed by atoms with Crippen LogP contribution in [0.15, 0.2) is 48.7 Å². The lowest BCUT2D eigenvalue weighted by molar-refractivity contribution is -0.134. The number of pyridine rings is 1. The zero-order valence-electron chi connectivity index (χ0n) is 13.8. The van der Waals surface area contributed by atoms with Crippen molar-refractivity contribution in [3.05, 3.63) is 60.0 Å². The van der Waals surface area contributed by atoms with Crippen molar-refractivity contribution < 1.29 is 14.3 Å². The van der Waals surface area contributed by atoms with Gasteiger partial charge >= 0.3 is 5.97 Å². The van der Waals surface area contributed by atoms with Crippen LogP contribution >= 0.6 is 0 Å². The molecule has 27 heavy (non-hydrogen) atoms. The van der Waals surface area contributed by atoms with Crippen LogP contribution in [0.5, 0.6) is 0 Å². The van der Waals surface area contributed by atoms with Gasteiger partial charge in [0.25, 0.3) is 0 Å². The van der Waals surface area contributed by atoms with E-state index in [0.717, 1.165) is 0 Å². The van der Waals surface area contributed by atoms with E-state index in [1.54, 1.807) is 36.5 Å². The number of nitrogens with zero attached hydrogens (tertiary/aromatic N) is 4. The first-order chi connectivity index (χ1) is 13.1. The molecule has 2 heterocycles. The highest BCUT2D eigenvalue weighted by atomic mass is 19.1. The van der Waals surface area contributed by atoms with Crippen molar-refractivity contribution in [3.63, 3.8) is 0 Å². The van der Waals surface area contributed by atoms with Crippen molar-refractivity contribution >= 4 is 23.4 Å². The van der Waals surface area contributed by atoms with Crippen LogP contribution in [-0.2, 0) is 4.79 Å². The van der Waals surface area contributed by atoms with Crippen molar-refractivity contribution in [2.45, 2.75) is 0 Å².